The minimum Gasteiger partial charge on any atom is -0.657 e. The van der Waals surface area contributed by atoms with Gasteiger partial charge >= 0.3 is 16.8 Å². The third kappa shape index (κ3) is 10.9. The van der Waals surface area contributed by atoms with Gasteiger partial charge < -0.3 is 25.6 Å². The summed E-state index contributed by atoms with van der Waals surface area (Å²) in [6.45, 7) is 28.5. The maximum absolute atomic E-state index is 11.3. The van der Waals surface area contributed by atoms with Gasteiger partial charge in [-0.2, -0.15) is 19.0 Å². The fourth-order valence-corrected chi connectivity index (χ4v) is 5.59. The topological polar surface area (TPSA) is 85.7 Å². The second-order valence-corrected chi connectivity index (χ2v) is 16.4. The number of hydrogen-bond donors (Lipinski definition) is 2. The van der Waals surface area contributed by atoms with Crippen molar-refractivity contribution in [1.29, 1.82) is 0 Å². The summed E-state index contributed by atoms with van der Waals surface area (Å²) in [4.78, 5) is 8.68. The minimum absolute atomic E-state index is 0. The van der Waals surface area contributed by atoms with Crippen LogP contribution in [-0.2, 0) is 56.3 Å². The third-order valence-corrected chi connectivity index (χ3v) is 8.41. The molecule has 1 aliphatic carbocycles. The van der Waals surface area contributed by atoms with Crippen LogP contribution in [0, 0.1) is 0 Å². The van der Waals surface area contributed by atoms with E-state index >= 15 is 0 Å². The summed E-state index contributed by atoms with van der Waals surface area (Å²) in [5.74, 6) is 0.763. The molecular weight excluding hydrogens is 591 g/mol. The molecule has 2 N–H and O–H groups in total. The fourth-order valence-electron chi connectivity index (χ4n) is 5.59. The molecule has 0 saturated heterocycles. The Morgan fingerprint density at radius 2 is 0.932 bits per heavy atom. The summed E-state index contributed by atoms with van der Waals surface area (Å²) >= 11 is 0. The number of rotatable bonds is 6. The molecule has 2 aromatic carbocycles. The molecule has 6 heteroatoms. The summed E-state index contributed by atoms with van der Waals surface area (Å²) in [6.07, 6.45) is 5.84. The van der Waals surface area contributed by atoms with E-state index in [0.29, 0.717) is 24.6 Å². The van der Waals surface area contributed by atoms with Crippen molar-refractivity contribution in [2.45, 2.75) is 163 Å². The van der Waals surface area contributed by atoms with Gasteiger partial charge in [0, 0.05) is 0 Å². The molecule has 44 heavy (non-hydrogen) atoms. The molecule has 0 unspecified atom stereocenters. The van der Waals surface area contributed by atoms with Gasteiger partial charge in [0.2, 0.25) is 0 Å². The van der Waals surface area contributed by atoms with Gasteiger partial charge in [0.05, 0.1) is 0 Å². The molecule has 5 nitrogen and oxygen atoms in total. The Balaban J connectivity index is 0.00000232. The molecule has 0 amide bonds. The predicted molar refractivity (Wildman–Crippen MR) is 183 cm³/mol. The van der Waals surface area contributed by atoms with Gasteiger partial charge in [-0.05, 0) is 55.0 Å². The van der Waals surface area contributed by atoms with Crippen molar-refractivity contribution >= 4 is 6.29 Å². The Morgan fingerprint density at radius 1 is 0.636 bits per heavy atom. The van der Waals surface area contributed by atoms with Gasteiger partial charge in [0.25, 0.3) is 0 Å². The molecule has 1 saturated carbocycles. The van der Waals surface area contributed by atoms with Crippen LogP contribution >= 0.6 is 0 Å². The van der Waals surface area contributed by atoms with Crippen LogP contribution in [0.25, 0.3) is 10.6 Å². The predicted octanol–water partition coefficient (Wildman–Crippen LogP) is 10.2. The first kappa shape index (κ1) is 40.2. The molecule has 0 bridgehead atoms. The summed E-state index contributed by atoms with van der Waals surface area (Å²) in [5, 5.41) is 32.9. The number of benzene rings is 2. The summed E-state index contributed by atoms with van der Waals surface area (Å²) < 4.78 is 0. The van der Waals surface area contributed by atoms with Crippen LogP contribution in [0.15, 0.2) is 24.3 Å². The maximum Gasteiger partial charge on any atom is 3.00 e. The number of nitrogens with zero attached hydrogens (tertiary/aromatic N) is 2. The van der Waals surface area contributed by atoms with Crippen molar-refractivity contribution < 1.29 is 31.8 Å². The molecule has 2 atom stereocenters. The summed E-state index contributed by atoms with van der Waals surface area (Å²) in [6, 6.07) is 8.88. The second-order valence-electron chi connectivity index (χ2n) is 16.4. The quantitative estimate of drug-likeness (QED) is 0.305. The van der Waals surface area contributed by atoms with Gasteiger partial charge in [0.15, 0.2) is 0 Å². The number of carbonyl (C=O) groups excluding carboxylic acids is 1. The van der Waals surface area contributed by atoms with Crippen molar-refractivity contribution in [1.82, 2.24) is 0 Å². The van der Waals surface area contributed by atoms with Crippen molar-refractivity contribution in [3.63, 3.8) is 0 Å². The molecule has 3 rings (SSSR count). The summed E-state index contributed by atoms with van der Waals surface area (Å²) in [7, 11) is 0. The van der Waals surface area contributed by atoms with Gasteiger partial charge in [-0.15, -0.1) is 13.1 Å². The Hall–Kier alpha value is -1.86. The van der Waals surface area contributed by atoms with E-state index in [2.05, 4.69) is 107 Å². The fraction of sp³-hybridized carbons (Fsp3) is 0.658. The van der Waals surface area contributed by atoms with Crippen LogP contribution in [0.3, 0.4) is 0 Å². The Morgan fingerprint density at radius 3 is 1.18 bits per heavy atom. The SMILES string of the molecule is CC(C)(C)c1cc(C[N-][C@H]2CCCC[C@@H]2[N-]Cc2cc(C(C)(C)C)cc(C(C)(C)C)c2O)c(O)c(C(C)(C)C)c1.C[C-]=O.[Co+3]. The average Bonchev–Trinajstić information content (AvgIpc) is 2.85. The van der Waals surface area contributed by atoms with Gasteiger partial charge in [0.1, 0.15) is 11.5 Å². The van der Waals surface area contributed by atoms with Crippen molar-refractivity contribution in [2.75, 3.05) is 0 Å². The van der Waals surface area contributed by atoms with E-state index in [9.17, 15) is 10.2 Å². The smallest absolute Gasteiger partial charge is 0.657 e. The standard InChI is InChI=1S/C36H56N2O2.C2H3O.Co/c1-33(2,3)25-17-23(31(39)27(19-25)35(7,8)9)21-37-29-15-13-14-16-30(29)38-22-24-18-26(34(4,5)6)20-28(32(24)40)36(10,11)12;1-2-3;/h17-20,29-30,39-40H,13-16,21-22H2,1-12H3;1H3;/q-2;-1;+3/t29-,30-;;/m0../s1. The monoisotopic (exact) mass is 650 g/mol. The number of phenols is 2. The molecule has 0 aliphatic heterocycles. The van der Waals surface area contributed by atoms with E-state index in [1.54, 1.807) is 0 Å². The van der Waals surface area contributed by atoms with Gasteiger partial charge in [-0.1, -0.05) is 133 Å². The first-order chi connectivity index (χ1) is 19.6. The van der Waals surface area contributed by atoms with E-state index in [0.717, 1.165) is 47.9 Å². The van der Waals surface area contributed by atoms with Gasteiger partial charge in [-0.25, -0.2) is 0 Å². The number of aromatic hydroxyl groups is 2. The Bertz CT molecular complexity index is 1130. The van der Waals surface area contributed by atoms with E-state index in [1.165, 1.54) is 24.3 Å². The van der Waals surface area contributed by atoms with Crippen LogP contribution in [0.2, 0.25) is 0 Å². The second kappa shape index (κ2) is 15.6. The molecule has 1 aliphatic rings. The molecule has 1 fully saturated rings. The maximum atomic E-state index is 11.3. The largest absolute Gasteiger partial charge is 3.00 e. The normalized spacial score (nSPS) is 17.8. The zero-order valence-corrected chi connectivity index (χ0v) is 30.8. The van der Waals surface area contributed by atoms with E-state index in [1.807, 2.05) is 0 Å². The minimum atomic E-state index is -0.154. The molecule has 248 valence electrons. The number of hydrogen-bond acceptors (Lipinski definition) is 3. The van der Waals surface area contributed by atoms with E-state index in [-0.39, 0.29) is 50.5 Å². The van der Waals surface area contributed by atoms with Crippen molar-refractivity contribution in [2.24, 2.45) is 0 Å². The third-order valence-electron chi connectivity index (χ3n) is 8.41. The van der Waals surface area contributed by atoms with Crippen LogP contribution < -0.4 is 0 Å². The first-order valence-corrected chi connectivity index (χ1v) is 16.0. The van der Waals surface area contributed by atoms with E-state index in [4.69, 9.17) is 15.4 Å². The average molecular weight is 651 g/mol. The molecule has 2 aromatic rings. The van der Waals surface area contributed by atoms with Crippen LogP contribution in [0.5, 0.6) is 11.5 Å². The summed E-state index contributed by atoms with van der Waals surface area (Å²) in [5.41, 5.74) is 5.91. The zero-order valence-electron chi connectivity index (χ0n) is 29.7. The Labute approximate surface area is 279 Å². The molecule has 0 heterocycles. The molecule has 0 spiro atoms. The molecular formula is C38H59CoN2O3. The van der Waals surface area contributed by atoms with Crippen LogP contribution in [-0.4, -0.2) is 28.6 Å². The van der Waals surface area contributed by atoms with Crippen molar-refractivity contribution in [3.8, 4) is 11.5 Å². The number of phenolic OH excluding ortho intramolecular Hbond substituents is 2. The molecule has 0 aromatic heterocycles. The Kier molecular flexibility index (Phi) is 14.3. The van der Waals surface area contributed by atoms with Crippen LogP contribution in [0.1, 0.15) is 149 Å². The first-order valence-electron chi connectivity index (χ1n) is 16.0. The van der Waals surface area contributed by atoms with Gasteiger partial charge in [-0.3, -0.25) is 6.29 Å². The zero-order chi connectivity index (χ0) is 33.0. The van der Waals surface area contributed by atoms with Crippen LogP contribution in [0.4, 0.5) is 0 Å². The van der Waals surface area contributed by atoms with Crippen molar-refractivity contribution in [3.05, 3.63) is 68.3 Å². The van der Waals surface area contributed by atoms with E-state index < -0.39 is 0 Å². The molecule has 0 radical (unpaired) electrons.